The van der Waals surface area contributed by atoms with Crippen molar-refractivity contribution in [3.05, 3.63) is 12.3 Å². The lowest BCUT2D eigenvalue weighted by Gasteiger charge is -2.55. The van der Waals surface area contributed by atoms with Crippen molar-refractivity contribution >= 4 is 0 Å². The molecule has 0 bridgehead atoms. The Hall–Kier alpha value is -0.500. The Morgan fingerprint density at radius 2 is 1.71 bits per heavy atom. The largest absolute Gasteiger partial charge is 0.498 e. The van der Waals surface area contributed by atoms with Gasteiger partial charge in [-0.1, -0.05) is 13.0 Å². The minimum absolute atomic E-state index is 0.226. The summed E-state index contributed by atoms with van der Waals surface area (Å²) in [5.74, 6) is 0. The standard InChI is InChI=1S/C15H29NO/c1-7-9-16-14(3,4)11-13(17-10-8-2)12-15(16,5)6/h8,10,13H,7,9,11-12H2,1-6H3. The van der Waals surface area contributed by atoms with Crippen LogP contribution in [0.4, 0.5) is 0 Å². The third-order valence-electron chi connectivity index (χ3n) is 3.77. The molecule has 1 fully saturated rings. The molecular weight excluding hydrogens is 210 g/mol. The van der Waals surface area contributed by atoms with Gasteiger partial charge >= 0.3 is 0 Å². The Morgan fingerprint density at radius 1 is 1.18 bits per heavy atom. The van der Waals surface area contributed by atoms with Gasteiger partial charge in [-0.25, -0.2) is 0 Å². The average molecular weight is 239 g/mol. The first kappa shape index (κ1) is 14.6. The molecule has 0 aliphatic carbocycles. The molecule has 2 nitrogen and oxygen atoms in total. The van der Waals surface area contributed by atoms with Crippen molar-refractivity contribution in [2.45, 2.75) is 78.0 Å². The van der Waals surface area contributed by atoms with Crippen LogP contribution in [0, 0.1) is 0 Å². The van der Waals surface area contributed by atoms with Gasteiger partial charge in [0.25, 0.3) is 0 Å². The van der Waals surface area contributed by atoms with Gasteiger partial charge in [0.2, 0.25) is 0 Å². The third kappa shape index (κ3) is 3.48. The number of piperidine rings is 1. The van der Waals surface area contributed by atoms with E-state index in [1.807, 2.05) is 19.3 Å². The second-order valence-corrected chi connectivity index (χ2v) is 6.41. The number of hydrogen-bond donors (Lipinski definition) is 0. The van der Waals surface area contributed by atoms with E-state index in [-0.39, 0.29) is 11.1 Å². The molecule has 0 aromatic carbocycles. The summed E-state index contributed by atoms with van der Waals surface area (Å²) in [6, 6.07) is 0. The molecular formula is C15H29NO. The normalized spacial score (nSPS) is 25.3. The highest BCUT2D eigenvalue weighted by atomic mass is 16.5. The quantitative estimate of drug-likeness (QED) is 0.688. The Labute approximate surface area is 107 Å². The summed E-state index contributed by atoms with van der Waals surface area (Å²) in [5, 5.41) is 0. The van der Waals surface area contributed by atoms with Crippen LogP contribution in [-0.2, 0) is 4.74 Å². The number of hydrogen-bond acceptors (Lipinski definition) is 2. The van der Waals surface area contributed by atoms with E-state index in [9.17, 15) is 0 Å². The Morgan fingerprint density at radius 3 is 2.12 bits per heavy atom. The highest BCUT2D eigenvalue weighted by Gasteiger charge is 2.45. The van der Waals surface area contributed by atoms with Crippen molar-refractivity contribution in [1.29, 1.82) is 0 Å². The summed E-state index contributed by atoms with van der Waals surface area (Å²) in [7, 11) is 0. The topological polar surface area (TPSA) is 12.5 Å². The van der Waals surface area contributed by atoms with E-state index in [2.05, 4.69) is 39.5 Å². The Balaban J connectivity index is 2.80. The van der Waals surface area contributed by atoms with Crippen LogP contribution in [-0.4, -0.2) is 28.6 Å². The van der Waals surface area contributed by atoms with E-state index < -0.39 is 0 Å². The van der Waals surface area contributed by atoms with Gasteiger partial charge in [-0.15, -0.1) is 0 Å². The zero-order chi connectivity index (χ0) is 13.1. The maximum absolute atomic E-state index is 5.82. The van der Waals surface area contributed by atoms with Crippen LogP contribution in [0.1, 0.15) is 60.8 Å². The van der Waals surface area contributed by atoms with Crippen LogP contribution in [0.15, 0.2) is 12.3 Å². The van der Waals surface area contributed by atoms with Crippen LogP contribution < -0.4 is 0 Å². The van der Waals surface area contributed by atoms with Gasteiger partial charge in [0.1, 0.15) is 6.10 Å². The van der Waals surface area contributed by atoms with Crippen molar-refractivity contribution < 1.29 is 4.74 Å². The predicted octanol–water partition coefficient (Wildman–Crippen LogP) is 3.97. The van der Waals surface area contributed by atoms with Crippen LogP contribution >= 0.6 is 0 Å². The summed E-state index contributed by atoms with van der Waals surface area (Å²) in [5.41, 5.74) is 0.452. The van der Waals surface area contributed by atoms with Gasteiger partial charge in [0.05, 0.1) is 6.26 Å². The molecule has 1 rings (SSSR count). The molecule has 0 amide bonds. The van der Waals surface area contributed by atoms with Gasteiger partial charge in [-0.3, -0.25) is 4.90 Å². The smallest absolute Gasteiger partial charge is 0.101 e. The summed E-state index contributed by atoms with van der Waals surface area (Å²) in [4.78, 5) is 2.65. The maximum Gasteiger partial charge on any atom is 0.101 e. The molecule has 1 aliphatic heterocycles. The van der Waals surface area contributed by atoms with E-state index in [0.717, 1.165) is 12.8 Å². The highest BCUT2D eigenvalue weighted by Crippen LogP contribution is 2.39. The minimum atomic E-state index is 0.226. The molecule has 17 heavy (non-hydrogen) atoms. The van der Waals surface area contributed by atoms with Crippen LogP contribution in [0.3, 0.4) is 0 Å². The first-order valence-electron chi connectivity index (χ1n) is 6.88. The second-order valence-electron chi connectivity index (χ2n) is 6.41. The number of allylic oxidation sites excluding steroid dienone is 1. The number of ether oxygens (including phenoxy) is 1. The zero-order valence-electron chi connectivity index (χ0n) is 12.4. The van der Waals surface area contributed by atoms with Gasteiger partial charge in [-0.2, -0.15) is 0 Å². The number of rotatable bonds is 4. The van der Waals surface area contributed by atoms with E-state index in [0.29, 0.717) is 6.10 Å². The van der Waals surface area contributed by atoms with Crippen molar-refractivity contribution in [3.63, 3.8) is 0 Å². The van der Waals surface area contributed by atoms with Crippen LogP contribution in [0.2, 0.25) is 0 Å². The molecule has 100 valence electrons. The molecule has 0 saturated carbocycles. The van der Waals surface area contributed by atoms with Crippen LogP contribution in [0.25, 0.3) is 0 Å². The first-order valence-corrected chi connectivity index (χ1v) is 6.88. The number of likely N-dealkylation sites (tertiary alicyclic amines) is 1. The molecule has 2 heteroatoms. The van der Waals surface area contributed by atoms with E-state index in [1.165, 1.54) is 13.0 Å². The van der Waals surface area contributed by atoms with Gasteiger partial charge in [0.15, 0.2) is 0 Å². The van der Waals surface area contributed by atoms with Gasteiger partial charge in [0, 0.05) is 23.9 Å². The number of nitrogens with zero attached hydrogens (tertiary/aromatic N) is 1. The molecule has 0 spiro atoms. The molecule has 0 radical (unpaired) electrons. The minimum Gasteiger partial charge on any atom is -0.498 e. The lowest BCUT2D eigenvalue weighted by molar-refractivity contribution is -0.0838. The fraction of sp³-hybridized carbons (Fsp3) is 0.867. The monoisotopic (exact) mass is 239 g/mol. The maximum atomic E-state index is 5.82. The summed E-state index contributed by atoms with van der Waals surface area (Å²) < 4.78 is 5.82. The lowest BCUT2D eigenvalue weighted by Crippen LogP contribution is -2.62. The lowest BCUT2D eigenvalue weighted by atomic mass is 9.78. The van der Waals surface area contributed by atoms with Gasteiger partial charge < -0.3 is 4.74 Å². The molecule has 0 atom stereocenters. The second kappa shape index (κ2) is 5.43. The molecule has 0 aromatic heterocycles. The van der Waals surface area contributed by atoms with Crippen molar-refractivity contribution in [3.8, 4) is 0 Å². The Bertz CT molecular complexity index is 250. The fourth-order valence-corrected chi connectivity index (χ4v) is 3.34. The highest BCUT2D eigenvalue weighted by molar-refractivity contribution is 5.00. The van der Waals surface area contributed by atoms with Crippen LogP contribution in [0.5, 0.6) is 0 Å². The SMILES string of the molecule is CC=COC1CC(C)(C)N(CCC)C(C)(C)C1. The molecule has 1 heterocycles. The summed E-state index contributed by atoms with van der Waals surface area (Å²) in [6.45, 7) is 14.8. The van der Waals surface area contributed by atoms with Crippen molar-refractivity contribution in [1.82, 2.24) is 4.90 Å². The van der Waals surface area contributed by atoms with Gasteiger partial charge in [-0.05, 0) is 47.6 Å². The molecule has 1 saturated heterocycles. The van der Waals surface area contributed by atoms with E-state index in [1.54, 1.807) is 0 Å². The molecule has 0 unspecified atom stereocenters. The molecule has 1 aliphatic rings. The van der Waals surface area contributed by atoms with E-state index >= 15 is 0 Å². The van der Waals surface area contributed by atoms with Crippen molar-refractivity contribution in [2.24, 2.45) is 0 Å². The molecule has 0 N–H and O–H groups in total. The van der Waals surface area contributed by atoms with Crippen molar-refractivity contribution in [2.75, 3.05) is 6.54 Å². The summed E-state index contributed by atoms with van der Waals surface area (Å²) >= 11 is 0. The van der Waals surface area contributed by atoms with E-state index in [4.69, 9.17) is 4.74 Å². The average Bonchev–Trinajstić information content (AvgIpc) is 2.19. The zero-order valence-corrected chi connectivity index (χ0v) is 12.4. The molecule has 0 aromatic rings. The predicted molar refractivity (Wildman–Crippen MR) is 74.1 cm³/mol. The first-order chi connectivity index (χ1) is 7.83. The summed E-state index contributed by atoms with van der Waals surface area (Å²) in [6.07, 6.45) is 7.60. The Kier molecular flexibility index (Phi) is 4.65. The fourth-order valence-electron chi connectivity index (χ4n) is 3.34. The third-order valence-corrected chi connectivity index (χ3v) is 3.77.